The molecule has 0 atom stereocenters. The number of hydrogen-bond donors (Lipinski definition) is 1. The minimum atomic E-state index is -0.530. The van der Waals surface area contributed by atoms with E-state index in [-0.39, 0.29) is 5.82 Å². The maximum atomic E-state index is 13.9. The number of ether oxygens (including phenoxy) is 1. The van der Waals surface area contributed by atoms with Gasteiger partial charge in [0, 0.05) is 5.69 Å². The summed E-state index contributed by atoms with van der Waals surface area (Å²) in [5, 5.41) is 20.6. The molecule has 12 heteroatoms. The van der Waals surface area contributed by atoms with Crippen molar-refractivity contribution >= 4 is 22.9 Å². The van der Waals surface area contributed by atoms with E-state index in [4.69, 9.17) is 4.74 Å². The van der Waals surface area contributed by atoms with Crippen LogP contribution in [0.2, 0.25) is 0 Å². The Morgan fingerprint density at radius 1 is 1.12 bits per heavy atom. The molecular weight excluding hydrogens is 459 g/mol. The van der Waals surface area contributed by atoms with Crippen LogP contribution in [0.4, 0.5) is 10.1 Å². The monoisotopic (exact) mass is 476 g/mol. The summed E-state index contributed by atoms with van der Waals surface area (Å²) in [4.78, 5) is 18.3. The van der Waals surface area contributed by atoms with Crippen molar-refractivity contribution in [1.29, 1.82) is 0 Å². The molecule has 0 aliphatic rings. The largest absolute Gasteiger partial charge is 0.494 e. The Hall–Kier alpha value is -4.45. The molecule has 3 heterocycles. The first-order valence-electron chi connectivity index (χ1n) is 10.0. The topological polar surface area (TPSA) is 113 Å². The molecule has 34 heavy (non-hydrogen) atoms. The van der Waals surface area contributed by atoms with Crippen LogP contribution in [0.5, 0.6) is 5.75 Å². The van der Waals surface area contributed by atoms with Gasteiger partial charge in [0.1, 0.15) is 17.3 Å². The van der Waals surface area contributed by atoms with Gasteiger partial charge in [0.2, 0.25) is 5.82 Å². The van der Waals surface area contributed by atoms with Gasteiger partial charge >= 0.3 is 0 Å². The highest BCUT2D eigenvalue weighted by atomic mass is 32.1. The zero-order chi connectivity index (χ0) is 23.7. The predicted molar refractivity (Wildman–Crippen MR) is 123 cm³/mol. The SMILES string of the molecule is COc1ccc(NC(=O)c2nc(-c3cccs3)n(-c3cccc(F)c3)n2)cc1-n1nnnc1C. The van der Waals surface area contributed by atoms with Crippen LogP contribution in [0.25, 0.3) is 22.1 Å². The van der Waals surface area contributed by atoms with Crippen molar-refractivity contribution in [3.05, 3.63) is 77.4 Å². The van der Waals surface area contributed by atoms with Crippen LogP contribution < -0.4 is 10.1 Å². The normalized spacial score (nSPS) is 10.9. The van der Waals surface area contributed by atoms with Crippen LogP contribution in [-0.4, -0.2) is 48.0 Å². The van der Waals surface area contributed by atoms with Crippen molar-refractivity contribution in [1.82, 2.24) is 35.0 Å². The van der Waals surface area contributed by atoms with Gasteiger partial charge in [-0.2, -0.15) is 4.68 Å². The maximum absolute atomic E-state index is 13.9. The van der Waals surface area contributed by atoms with Gasteiger partial charge in [-0.05, 0) is 65.2 Å². The molecule has 1 amide bonds. The van der Waals surface area contributed by atoms with E-state index in [1.807, 2.05) is 17.5 Å². The number of hydrogen-bond acceptors (Lipinski definition) is 8. The number of aromatic nitrogens is 7. The highest BCUT2D eigenvalue weighted by Gasteiger charge is 2.21. The summed E-state index contributed by atoms with van der Waals surface area (Å²) in [7, 11) is 1.53. The minimum absolute atomic E-state index is 0.0661. The molecule has 2 aromatic carbocycles. The molecule has 3 aromatic heterocycles. The summed E-state index contributed by atoms with van der Waals surface area (Å²) in [6, 6.07) is 14.7. The van der Waals surface area contributed by atoms with Gasteiger partial charge in [-0.1, -0.05) is 12.1 Å². The maximum Gasteiger partial charge on any atom is 0.295 e. The predicted octanol–water partition coefficient (Wildman–Crippen LogP) is 3.68. The zero-order valence-corrected chi connectivity index (χ0v) is 18.8. The molecule has 0 bridgehead atoms. The first-order valence-corrected chi connectivity index (χ1v) is 10.9. The second-order valence-corrected chi connectivity index (χ2v) is 8.05. The number of carbonyl (C=O) groups is 1. The number of benzene rings is 2. The van der Waals surface area contributed by atoms with Gasteiger partial charge in [-0.25, -0.2) is 14.1 Å². The first kappa shape index (κ1) is 21.4. The van der Waals surface area contributed by atoms with Crippen LogP contribution >= 0.6 is 11.3 Å². The Balaban J connectivity index is 1.50. The number of carbonyl (C=O) groups excluding carboxylic acids is 1. The lowest BCUT2D eigenvalue weighted by Gasteiger charge is -2.11. The Bertz CT molecular complexity index is 1480. The number of nitrogens with one attached hydrogen (secondary N) is 1. The minimum Gasteiger partial charge on any atom is -0.494 e. The Morgan fingerprint density at radius 3 is 2.71 bits per heavy atom. The first-order chi connectivity index (χ1) is 16.5. The fraction of sp³-hybridized carbons (Fsp3) is 0.0909. The number of methoxy groups -OCH3 is 1. The zero-order valence-electron chi connectivity index (χ0n) is 18.0. The fourth-order valence-electron chi connectivity index (χ4n) is 3.34. The van der Waals surface area contributed by atoms with Crippen molar-refractivity contribution in [2.24, 2.45) is 0 Å². The van der Waals surface area contributed by atoms with Crippen molar-refractivity contribution < 1.29 is 13.9 Å². The third kappa shape index (κ3) is 4.01. The molecule has 5 aromatic rings. The molecule has 0 aliphatic carbocycles. The van der Waals surface area contributed by atoms with E-state index in [9.17, 15) is 9.18 Å². The van der Waals surface area contributed by atoms with Crippen LogP contribution in [0.3, 0.4) is 0 Å². The molecule has 0 aliphatic heterocycles. The summed E-state index contributed by atoms with van der Waals surface area (Å²) < 4.78 is 22.2. The molecular formula is C22H17FN8O2S. The lowest BCUT2D eigenvalue weighted by atomic mass is 10.2. The highest BCUT2D eigenvalue weighted by molar-refractivity contribution is 7.13. The van der Waals surface area contributed by atoms with Crippen molar-refractivity contribution in [2.45, 2.75) is 6.92 Å². The van der Waals surface area contributed by atoms with Gasteiger partial charge in [-0.15, -0.1) is 21.5 Å². The molecule has 0 radical (unpaired) electrons. The number of rotatable bonds is 6. The van der Waals surface area contributed by atoms with Gasteiger partial charge in [0.25, 0.3) is 5.91 Å². The van der Waals surface area contributed by atoms with Crippen molar-refractivity contribution in [3.8, 4) is 27.8 Å². The Kier molecular flexibility index (Phi) is 5.55. The number of aryl methyl sites for hydroxylation is 1. The summed E-state index contributed by atoms with van der Waals surface area (Å²) >= 11 is 1.44. The van der Waals surface area contributed by atoms with Crippen molar-refractivity contribution in [3.63, 3.8) is 0 Å². The molecule has 10 nitrogen and oxygen atoms in total. The van der Waals surface area contributed by atoms with E-state index in [1.165, 1.54) is 39.9 Å². The quantitative estimate of drug-likeness (QED) is 0.398. The molecule has 1 N–H and O–H groups in total. The number of nitrogens with zero attached hydrogens (tertiary/aromatic N) is 7. The second-order valence-electron chi connectivity index (χ2n) is 7.11. The molecule has 0 saturated carbocycles. The molecule has 5 rings (SSSR count). The second kappa shape index (κ2) is 8.83. The Morgan fingerprint density at radius 2 is 2.00 bits per heavy atom. The average molecular weight is 476 g/mol. The number of anilines is 1. The van der Waals surface area contributed by atoms with Gasteiger partial charge < -0.3 is 10.1 Å². The third-order valence-electron chi connectivity index (χ3n) is 4.89. The third-order valence-corrected chi connectivity index (χ3v) is 5.76. The van der Waals surface area contributed by atoms with E-state index >= 15 is 0 Å². The lowest BCUT2D eigenvalue weighted by Crippen LogP contribution is -2.15. The summed E-state index contributed by atoms with van der Waals surface area (Å²) in [6.45, 7) is 1.75. The van der Waals surface area contributed by atoms with E-state index in [1.54, 1.807) is 37.3 Å². The van der Waals surface area contributed by atoms with Crippen LogP contribution in [0.1, 0.15) is 16.4 Å². The number of amides is 1. The molecule has 0 unspecified atom stereocenters. The van der Waals surface area contributed by atoms with E-state index in [2.05, 4.69) is 30.9 Å². The highest BCUT2D eigenvalue weighted by Crippen LogP contribution is 2.28. The summed E-state index contributed by atoms with van der Waals surface area (Å²) in [5.41, 5.74) is 1.48. The van der Waals surface area contributed by atoms with E-state index in [0.717, 1.165) is 4.88 Å². The number of tetrazole rings is 1. The van der Waals surface area contributed by atoms with Gasteiger partial charge in [0.05, 0.1) is 17.7 Å². The van der Waals surface area contributed by atoms with E-state index in [0.29, 0.717) is 34.5 Å². The van der Waals surface area contributed by atoms with Crippen LogP contribution in [-0.2, 0) is 0 Å². The molecule has 0 spiro atoms. The molecule has 170 valence electrons. The fourth-order valence-corrected chi connectivity index (χ4v) is 4.03. The standard InChI is InChI=1S/C22H17FN8O2S/c1-13-26-28-29-30(13)17-12-15(8-9-18(17)33-2)24-22(32)20-25-21(19-7-4-10-34-19)31(27-20)16-6-3-5-14(23)11-16/h3-12H,1-2H3,(H,24,32). The molecule has 0 fully saturated rings. The van der Waals surface area contributed by atoms with E-state index < -0.39 is 11.7 Å². The van der Waals surface area contributed by atoms with Gasteiger partial charge in [0.15, 0.2) is 11.6 Å². The van der Waals surface area contributed by atoms with Crippen LogP contribution in [0.15, 0.2) is 60.0 Å². The lowest BCUT2D eigenvalue weighted by molar-refractivity contribution is 0.101. The van der Waals surface area contributed by atoms with Gasteiger partial charge in [-0.3, -0.25) is 4.79 Å². The Labute approximate surface area is 196 Å². The average Bonchev–Trinajstić information content (AvgIpc) is 3.59. The van der Waals surface area contributed by atoms with Crippen molar-refractivity contribution in [2.75, 3.05) is 12.4 Å². The van der Waals surface area contributed by atoms with Crippen LogP contribution in [0, 0.1) is 12.7 Å². The smallest absolute Gasteiger partial charge is 0.295 e. The number of halogens is 1. The summed E-state index contributed by atoms with van der Waals surface area (Å²) in [5.74, 6) is 0.506. The number of thiophene rings is 1. The molecule has 0 saturated heterocycles. The summed E-state index contributed by atoms with van der Waals surface area (Å²) in [6.07, 6.45) is 0.